The van der Waals surface area contributed by atoms with Crippen LogP contribution in [0.15, 0.2) is 122 Å². The van der Waals surface area contributed by atoms with E-state index in [0.717, 1.165) is 170 Å². The van der Waals surface area contributed by atoms with E-state index in [4.69, 9.17) is 87.0 Å². The number of aromatic amines is 2. The average molecular weight is 1950 g/mol. The largest absolute Gasteiger partial charge is 0.462 e. The second-order valence-electron chi connectivity index (χ2n) is 36.5. The zero-order valence-electron chi connectivity index (χ0n) is 78.1. The van der Waals surface area contributed by atoms with Crippen molar-refractivity contribution in [3.8, 4) is 18.0 Å². The van der Waals surface area contributed by atoms with E-state index in [1.165, 1.54) is 18.2 Å². The summed E-state index contributed by atoms with van der Waals surface area (Å²) in [7, 11) is 2.12. The van der Waals surface area contributed by atoms with Crippen LogP contribution < -0.4 is 49.3 Å². The third kappa shape index (κ3) is 23.1. The van der Waals surface area contributed by atoms with Gasteiger partial charge in [-0.15, -0.1) is 0 Å². The molecule has 9 aliphatic rings. The van der Waals surface area contributed by atoms with Crippen molar-refractivity contribution in [3.63, 3.8) is 0 Å². The average Bonchev–Trinajstić information content (AvgIpc) is 1.07. The second-order valence-corrected chi connectivity index (χ2v) is 37.4. The van der Waals surface area contributed by atoms with Gasteiger partial charge in [-0.25, -0.2) is 33.3 Å². The van der Waals surface area contributed by atoms with E-state index in [2.05, 4.69) is 152 Å². The fourth-order valence-electron chi connectivity index (χ4n) is 20.4. The van der Waals surface area contributed by atoms with Crippen molar-refractivity contribution in [1.82, 2.24) is 69.3 Å². The summed E-state index contributed by atoms with van der Waals surface area (Å²) >= 11 is 13.4. The molecular weight excluding hydrogens is 1830 g/mol. The Morgan fingerprint density at radius 3 is 1.37 bits per heavy atom. The van der Waals surface area contributed by atoms with Gasteiger partial charge in [-0.2, -0.15) is 70.4 Å². The Balaban J connectivity index is 0.000000171. The number of fused-ring (bicyclic) bond motifs is 6. The maximum atomic E-state index is 14.6. The van der Waals surface area contributed by atoms with Gasteiger partial charge >= 0.3 is 23.7 Å². The van der Waals surface area contributed by atoms with E-state index in [1.807, 2.05) is 36.4 Å². The topological polar surface area (TPSA) is 257 Å². The van der Waals surface area contributed by atoms with Crippen LogP contribution in [0, 0.1) is 33.6 Å². The van der Waals surface area contributed by atoms with Gasteiger partial charge in [-0.3, -0.25) is 24.2 Å². The van der Waals surface area contributed by atoms with Crippen LogP contribution in [-0.2, 0) is 53.3 Å². The molecule has 136 heavy (non-hydrogen) atoms. The fraction of sp³-hybridized carbons (Fsp3) is 0.485. The summed E-state index contributed by atoms with van der Waals surface area (Å²) in [6.07, 6.45) is 10.8. The number of rotatable bonds is 23. The molecule has 722 valence electrons. The normalized spacial score (nSPS) is 20.5. The summed E-state index contributed by atoms with van der Waals surface area (Å²) in [5.41, 5.74) is 10.3. The number of benzene rings is 5. The lowest BCUT2D eigenvalue weighted by molar-refractivity contribution is -0.129. The number of carbonyl (C=O) groups excluding carboxylic acids is 3. The van der Waals surface area contributed by atoms with Crippen molar-refractivity contribution in [2.45, 2.75) is 141 Å². The summed E-state index contributed by atoms with van der Waals surface area (Å²) in [4.78, 5) is 122. The predicted octanol–water partition coefficient (Wildman–Crippen LogP) is 13.1. The maximum Gasteiger partial charge on any atom is 0.323 e. The Kier molecular flexibility index (Phi) is 34.1. The minimum absolute atomic E-state index is 0. The van der Waals surface area contributed by atoms with Crippen molar-refractivity contribution in [1.29, 1.82) is 0 Å². The number of hydrogen-bond donors (Lipinski definition) is 2. The van der Waals surface area contributed by atoms with Crippen LogP contribution in [0.3, 0.4) is 0 Å². The minimum Gasteiger partial charge on any atom is -0.462 e. The first-order valence-electron chi connectivity index (χ1n) is 46.2. The smallest absolute Gasteiger partial charge is 0.323 e. The molecule has 5 atom stereocenters. The van der Waals surface area contributed by atoms with Crippen LogP contribution in [0.5, 0.6) is 18.0 Å². The lowest BCUT2D eigenvalue weighted by Gasteiger charge is -2.41. The molecule has 6 saturated heterocycles. The number of piperazine rings is 3. The van der Waals surface area contributed by atoms with Gasteiger partial charge in [0.1, 0.15) is 66.7 Å². The highest BCUT2D eigenvalue weighted by Crippen LogP contribution is 2.43. The third-order valence-electron chi connectivity index (χ3n) is 27.6. The second kappa shape index (κ2) is 45.4. The van der Waals surface area contributed by atoms with Crippen molar-refractivity contribution in [3.05, 3.63) is 217 Å². The van der Waals surface area contributed by atoms with Gasteiger partial charge < -0.3 is 87.7 Å². The van der Waals surface area contributed by atoms with E-state index in [-0.39, 0.29) is 108 Å². The van der Waals surface area contributed by atoms with Crippen LogP contribution in [-0.4, -0.2) is 293 Å². The van der Waals surface area contributed by atoms with Gasteiger partial charge in [0.25, 0.3) is 0 Å². The SMILES string of the molecule is S.S.S.[C-]#[N+]C[C@H]1CN(c2nc(OCCN3CCC(C)(F)CC3)nc3c2CCN(c2cccc4cccc(Cl)c24)C3)CCN1C(=O)C=C.[C-]#[N+]C[C@H]1CN(c2nc(OCCN3CCCC(C)(F)C3)nc3c2CCN(c2cccc4cccc(Cl)c24)C3)CCN1C(=O)C=C.[C-]#[N+]C[C@H]1CN(c2nc(OC[C@@H]3CCCN3C)nc3c2CCN(c2c(C)c(C)cc4[nH]c(=O)[nH]c24)C3)CCN1C(=O)C=C. The van der Waals surface area contributed by atoms with Gasteiger partial charge in [-0.05, 0) is 176 Å². The van der Waals surface area contributed by atoms with Crippen LogP contribution >= 0.6 is 63.7 Å². The monoisotopic (exact) mass is 1950 g/mol. The van der Waals surface area contributed by atoms with E-state index in [0.29, 0.717) is 191 Å². The number of hydrogen-bond acceptors (Lipinski definition) is 22. The first-order valence-corrected chi connectivity index (χ1v) is 47.0. The quantitative estimate of drug-likeness (QED) is 0.0445. The number of aromatic nitrogens is 8. The molecule has 30 nitrogen and oxygen atoms in total. The fourth-order valence-corrected chi connectivity index (χ4v) is 20.9. The van der Waals surface area contributed by atoms with E-state index in [1.54, 1.807) is 28.5 Å². The number of anilines is 6. The highest BCUT2D eigenvalue weighted by atomic mass is 35.5. The zero-order valence-corrected chi connectivity index (χ0v) is 82.6. The Bertz CT molecular complexity index is 6050. The van der Waals surface area contributed by atoms with Crippen LogP contribution in [0.4, 0.5) is 43.3 Å². The molecule has 13 heterocycles. The Morgan fingerprint density at radius 1 is 0.515 bits per heavy atom. The maximum absolute atomic E-state index is 14.6. The summed E-state index contributed by atoms with van der Waals surface area (Å²) in [6, 6.07) is 26.8. The van der Waals surface area contributed by atoms with Gasteiger partial charge in [0.05, 0.1) is 63.5 Å². The molecule has 0 saturated carbocycles. The van der Waals surface area contributed by atoms with Gasteiger partial charge in [-0.1, -0.05) is 91.5 Å². The first-order chi connectivity index (χ1) is 64.3. The number of alkyl halides is 2. The van der Waals surface area contributed by atoms with E-state index >= 15 is 0 Å². The number of likely N-dealkylation sites (tertiary alicyclic amines) is 3. The van der Waals surface area contributed by atoms with Crippen LogP contribution in [0.1, 0.15) is 97.3 Å². The summed E-state index contributed by atoms with van der Waals surface area (Å²) in [5.74, 6) is 1.94. The molecule has 0 aliphatic carbocycles. The number of likely N-dealkylation sites (N-methyl/N-ethyl adjacent to an activating group) is 1. The summed E-state index contributed by atoms with van der Waals surface area (Å²) < 4.78 is 47.6. The molecule has 9 aromatic rings. The molecule has 0 bridgehead atoms. The highest BCUT2D eigenvalue weighted by molar-refractivity contribution is 7.59. The first kappa shape index (κ1) is 102. The molecule has 37 heteroatoms. The Hall–Kier alpha value is -11.2. The molecule has 18 rings (SSSR count). The number of aryl methyl sites for hydroxylation is 1. The summed E-state index contributed by atoms with van der Waals surface area (Å²) in [5, 5.41) is 5.62. The number of ether oxygens (including phenoxy) is 3. The van der Waals surface area contributed by atoms with Crippen LogP contribution in [0.25, 0.3) is 47.1 Å². The molecule has 3 amide bonds. The Morgan fingerprint density at radius 2 is 0.941 bits per heavy atom. The predicted molar refractivity (Wildman–Crippen MR) is 548 cm³/mol. The van der Waals surface area contributed by atoms with Crippen molar-refractivity contribution >= 4 is 149 Å². The van der Waals surface area contributed by atoms with Gasteiger partial charge in [0.15, 0.2) is 0 Å². The molecule has 6 fully saturated rings. The number of imidazole rings is 1. The Labute approximate surface area is 825 Å². The van der Waals surface area contributed by atoms with Gasteiger partial charge in [0.2, 0.25) is 37.4 Å². The lowest BCUT2D eigenvalue weighted by Crippen LogP contribution is -2.56. The molecule has 4 aromatic heterocycles. The van der Waals surface area contributed by atoms with E-state index in [9.17, 15) is 28.0 Å². The molecule has 0 spiro atoms. The summed E-state index contributed by atoms with van der Waals surface area (Å²) in [6.45, 7) is 56.3. The number of carbonyl (C=O) groups is 3. The zero-order chi connectivity index (χ0) is 93.4. The van der Waals surface area contributed by atoms with Crippen molar-refractivity contribution in [2.75, 3.05) is 200 Å². The number of piperidine rings is 2. The molecule has 5 aromatic carbocycles. The molecule has 1 unspecified atom stereocenters. The molecule has 2 N–H and O–H groups in total. The number of H-pyrrole nitrogens is 2. The van der Waals surface area contributed by atoms with Crippen molar-refractivity contribution < 1.29 is 37.4 Å². The number of nitrogens with one attached hydrogen (secondary N) is 2. The van der Waals surface area contributed by atoms with E-state index < -0.39 is 11.3 Å². The number of amides is 3. The number of nitrogens with zero attached hydrogens (tertiary/aromatic N) is 21. The minimum atomic E-state index is -1.18. The van der Waals surface area contributed by atoms with Crippen molar-refractivity contribution in [2.24, 2.45) is 0 Å². The number of halogens is 4. The van der Waals surface area contributed by atoms with Gasteiger partial charge in [0, 0.05) is 156 Å². The lowest BCUT2D eigenvalue weighted by atomic mass is 9.96. The third-order valence-corrected chi connectivity index (χ3v) is 28.3. The molecular formula is C99H123Cl2F2N23O7S3. The van der Waals surface area contributed by atoms with Crippen LogP contribution in [0.2, 0.25) is 10.0 Å². The standard InChI is InChI=1S/2C34H39ClFN7O2.C31H39N9O3.3H2S/c1-4-30(44)43-17-16-42(21-25(43)20-37-3)32-26-12-15-41(29-11-6-9-24-8-5-10-27(35)31(24)29)22-28(26)38-33(39-32)45-19-18-40-14-7-13-34(2,36)23-40;1-4-30(44)43-18-17-42(22-25(43)21-37-3)32-26-11-14-41(29-10-6-8-24-7-5-9-27(35)31(24)29)23-28(26)38-33(39-32)45-20-19-40-15-12-34(2,36)13-16-40;1-6-26(41)40-13-12-39(16-22(40)15-32-4)29-23-9-11-38(28-20(3)19(2)14-24-27(28)35-30(42)33-24)17-25(23)34-31(36-29)43-18-21-8-7-10-37(21)5;;;/h4-6,8-11,25H,1,7,12-23H2,2H3;4-10,25H,1,11-23H2,2H3;6,14,21-22H,1,7-13,15-18H2,2-3,5H3,(H2,33,35,42);3*1H2/t25-,34?;25-;21-,22-;;;/m000.../s1. The molecule has 9 aliphatic heterocycles. The molecule has 0 radical (unpaired) electrons. The highest BCUT2D eigenvalue weighted by Gasteiger charge is 2.41.